The molecule has 152 valence electrons. The zero-order valence-electron chi connectivity index (χ0n) is 17.2. The Morgan fingerprint density at radius 3 is 2.55 bits per heavy atom. The second-order valence-electron chi connectivity index (χ2n) is 7.40. The van der Waals surface area contributed by atoms with Gasteiger partial charge in [-0.1, -0.05) is 57.9 Å². The standard InChI is InChI=1S/C23H28N4O2/c1-4-5-9-14-24-22(28)20-19-13-8-10-15-27(19)21(26-20)23(29)25-18-12-7-6-11-17(18)16(2)3/h6-8,10-13,15-16H,4-5,9,14H2,1-3H3,(H,24,28)(H,25,29). The lowest BCUT2D eigenvalue weighted by Crippen LogP contribution is -2.25. The van der Waals surface area contributed by atoms with Crippen LogP contribution >= 0.6 is 0 Å². The number of carbonyl (C=O) groups excluding carboxylic acids is 2. The SMILES string of the molecule is CCCCCNC(=O)c1nc(C(=O)Nc2ccccc2C(C)C)n2ccccc12. The lowest BCUT2D eigenvalue weighted by molar-refractivity contribution is 0.0950. The molecule has 2 aromatic heterocycles. The van der Waals surface area contributed by atoms with E-state index in [2.05, 4.69) is 36.4 Å². The molecule has 0 spiro atoms. The van der Waals surface area contributed by atoms with Gasteiger partial charge in [0.15, 0.2) is 5.69 Å². The third kappa shape index (κ3) is 4.65. The molecule has 0 aliphatic carbocycles. The second-order valence-corrected chi connectivity index (χ2v) is 7.40. The first kappa shape index (κ1) is 20.6. The maximum atomic E-state index is 13.0. The molecule has 0 fully saturated rings. The number of carbonyl (C=O) groups is 2. The molecule has 0 saturated carbocycles. The summed E-state index contributed by atoms with van der Waals surface area (Å²) in [6.07, 6.45) is 4.82. The molecule has 3 aromatic rings. The number of unbranched alkanes of at least 4 members (excludes halogenated alkanes) is 2. The molecule has 29 heavy (non-hydrogen) atoms. The Bertz CT molecular complexity index is 1010. The van der Waals surface area contributed by atoms with Crippen molar-refractivity contribution in [2.24, 2.45) is 0 Å². The fraction of sp³-hybridized carbons (Fsp3) is 0.348. The molecule has 6 heteroatoms. The number of hydrogen-bond acceptors (Lipinski definition) is 3. The summed E-state index contributed by atoms with van der Waals surface area (Å²) in [5.41, 5.74) is 2.69. The van der Waals surface area contributed by atoms with E-state index in [9.17, 15) is 9.59 Å². The fourth-order valence-corrected chi connectivity index (χ4v) is 3.32. The van der Waals surface area contributed by atoms with Gasteiger partial charge in [0.2, 0.25) is 5.82 Å². The molecule has 0 aliphatic rings. The van der Waals surface area contributed by atoms with Crippen LogP contribution in [0.1, 0.15) is 72.6 Å². The summed E-state index contributed by atoms with van der Waals surface area (Å²) >= 11 is 0. The molecule has 0 radical (unpaired) electrons. The average molecular weight is 393 g/mol. The van der Waals surface area contributed by atoms with Crippen molar-refractivity contribution in [2.45, 2.75) is 46.0 Å². The van der Waals surface area contributed by atoms with Gasteiger partial charge in [-0.3, -0.25) is 14.0 Å². The monoisotopic (exact) mass is 392 g/mol. The van der Waals surface area contributed by atoms with Gasteiger partial charge in [0.25, 0.3) is 11.8 Å². The van der Waals surface area contributed by atoms with Gasteiger partial charge >= 0.3 is 0 Å². The van der Waals surface area contributed by atoms with Crippen molar-refractivity contribution in [2.75, 3.05) is 11.9 Å². The summed E-state index contributed by atoms with van der Waals surface area (Å²) in [6.45, 7) is 6.88. The number of para-hydroxylation sites is 1. The van der Waals surface area contributed by atoms with Crippen molar-refractivity contribution in [1.82, 2.24) is 14.7 Å². The van der Waals surface area contributed by atoms with Gasteiger partial charge in [-0.2, -0.15) is 0 Å². The number of fused-ring (bicyclic) bond motifs is 1. The van der Waals surface area contributed by atoms with Crippen LogP contribution in [-0.4, -0.2) is 27.7 Å². The Morgan fingerprint density at radius 2 is 1.79 bits per heavy atom. The topological polar surface area (TPSA) is 75.5 Å². The van der Waals surface area contributed by atoms with E-state index in [1.54, 1.807) is 16.7 Å². The first-order chi connectivity index (χ1) is 14.0. The maximum Gasteiger partial charge on any atom is 0.292 e. The Labute approximate surface area is 171 Å². The van der Waals surface area contributed by atoms with Gasteiger partial charge in [-0.15, -0.1) is 0 Å². The number of nitrogens with zero attached hydrogens (tertiary/aromatic N) is 2. The molecule has 0 atom stereocenters. The van der Waals surface area contributed by atoms with Gasteiger partial charge in [-0.05, 0) is 36.1 Å². The molecule has 2 heterocycles. The van der Waals surface area contributed by atoms with Crippen molar-refractivity contribution in [3.05, 3.63) is 65.7 Å². The molecular weight excluding hydrogens is 364 g/mol. The highest BCUT2D eigenvalue weighted by molar-refractivity contribution is 6.06. The summed E-state index contributed by atoms with van der Waals surface area (Å²) < 4.78 is 1.66. The summed E-state index contributed by atoms with van der Waals surface area (Å²) in [4.78, 5) is 30.1. The average Bonchev–Trinajstić information content (AvgIpc) is 3.11. The van der Waals surface area contributed by atoms with Crippen LogP contribution < -0.4 is 10.6 Å². The van der Waals surface area contributed by atoms with Crippen LogP contribution in [0.4, 0.5) is 5.69 Å². The summed E-state index contributed by atoms with van der Waals surface area (Å²) in [7, 11) is 0. The largest absolute Gasteiger partial charge is 0.351 e. The highest BCUT2D eigenvalue weighted by atomic mass is 16.2. The second kappa shape index (κ2) is 9.37. The number of benzene rings is 1. The molecule has 6 nitrogen and oxygen atoms in total. The maximum absolute atomic E-state index is 13.0. The number of hydrogen-bond donors (Lipinski definition) is 2. The van der Waals surface area contributed by atoms with Gasteiger partial charge in [0.05, 0.1) is 5.52 Å². The predicted molar refractivity (Wildman–Crippen MR) is 116 cm³/mol. The van der Waals surface area contributed by atoms with E-state index in [4.69, 9.17) is 0 Å². The van der Waals surface area contributed by atoms with Crippen LogP contribution in [0.5, 0.6) is 0 Å². The highest BCUT2D eigenvalue weighted by Crippen LogP contribution is 2.24. The molecule has 2 N–H and O–H groups in total. The van der Waals surface area contributed by atoms with E-state index in [0.29, 0.717) is 12.1 Å². The highest BCUT2D eigenvalue weighted by Gasteiger charge is 2.22. The van der Waals surface area contributed by atoms with Crippen LogP contribution in [0.2, 0.25) is 0 Å². The van der Waals surface area contributed by atoms with E-state index in [0.717, 1.165) is 30.5 Å². The molecule has 2 amide bonds. The lowest BCUT2D eigenvalue weighted by Gasteiger charge is -2.13. The number of anilines is 1. The number of pyridine rings is 1. The molecule has 1 aromatic carbocycles. The van der Waals surface area contributed by atoms with E-state index in [1.807, 2.05) is 36.4 Å². The van der Waals surface area contributed by atoms with Crippen LogP contribution in [0.15, 0.2) is 48.7 Å². The Balaban J connectivity index is 1.88. The number of nitrogens with one attached hydrogen (secondary N) is 2. The van der Waals surface area contributed by atoms with Crippen molar-refractivity contribution < 1.29 is 9.59 Å². The minimum atomic E-state index is -0.343. The van der Waals surface area contributed by atoms with Crippen molar-refractivity contribution in [3.63, 3.8) is 0 Å². The molecule has 0 bridgehead atoms. The first-order valence-electron chi connectivity index (χ1n) is 10.2. The predicted octanol–water partition coefficient (Wildman–Crippen LogP) is 4.63. The van der Waals surface area contributed by atoms with Crippen LogP contribution in [-0.2, 0) is 0 Å². The van der Waals surface area contributed by atoms with E-state index >= 15 is 0 Å². The van der Waals surface area contributed by atoms with Crippen molar-refractivity contribution >= 4 is 23.0 Å². The van der Waals surface area contributed by atoms with Gasteiger partial charge in [-0.25, -0.2) is 4.98 Å². The lowest BCUT2D eigenvalue weighted by atomic mass is 10.0. The minimum absolute atomic E-state index is 0.192. The summed E-state index contributed by atoms with van der Waals surface area (Å²) in [5.74, 6) is -0.137. The van der Waals surface area contributed by atoms with Gasteiger partial charge < -0.3 is 10.6 Å². The number of amides is 2. The minimum Gasteiger partial charge on any atom is -0.351 e. The number of aromatic nitrogens is 2. The van der Waals surface area contributed by atoms with E-state index < -0.39 is 0 Å². The quantitative estimate of drug-likeness (QED) is 0.549. The Morgan fingerprint density at radius 1 is 1.03 bits per heavy atom. The van der Waals surface area contributed by atoms with Gasteiger partial charge in [0, 0.05) is 18.4 Å². The third-order valence-electron chi connectivity index (χ3n) is 4.86. The van der Waals surface area contributed by atoms with Gasteiger partial charge in [0.1, 0.15) is 0 Å². The molecular formula is C23H28N4O2. The Hall–Kier alpha value is -3.15. The molecule has 3 rings (SSSR count). The first-order valence-corrected chi connectivity index (χ1v) is 10.2. The third-order valence-corrected chi connectivity index (χ3v) is 4.86. The fourth-order valence-electron chi connectivity index (χ4n) is 3.32. The molecule has 0 saturated heterocycles. The van der Waals surface area contributed by atoms with Crippen molar-refractivity contribution in [1.29, 1.82) is 0 Å². The summed E-state index contributed by atoms with van der Waals surface area (Å²) in [6, 6.07) is 13.2. The number of imidazole rings is 1. The molecule has 0 aliphatic heterocycles. The van der Waals surface area contributed by atoms with Crippen LogP contribution in [0.3, 0.4) is 0 Å². The van der Waals surface area contributed by atoms with Crippen molar-refractivity contribution in [3.8, 4) is 0 Å². The smallest absolute Gasteiger partial charge is 0.292 e. The number of rotatable bonds is 8. The zero-order valence-corrected chi connectivity index (χ0v) is 17.2. The molecule has 0 unspecified atom stereocenters. The Kier molecular flexibility index (Phi) is 6.65. The normalized spacial score (nSPS) is 11.0. The van der Waals surface area contributed by atoms with E-state index in [1.165, 1.54) is 0 Å². The van der Waals surface area contributed by atoms with Crippen LogP contribution in [0, 0.1) is 0 Å². The summed E-state index contributed by atoms with van der Waals surface area (Å²) in [5, 5.41) is 5.86. The van der Waals surface area contributed by atoms with Crippen LogP contribution in [0.25, 0.3) is 5.52 Å². The zero-order chi connectivity index (χ0) is 20.8. The van der Waals surface area contributed by atoms with E-state index in [-0.39, 0.29) is 29.3 Å².